The lowest BCUT2D eigenvalue weighted by Gasteiger charge is -2.25. The van der Waals surface area contributed by atoms with Crippen molar-refractivity contribution < 1.29 is 19.1 Å². The molecule has 1 unspecified atom stereocenters. The van der Waals surface area contributed by atoms with E-state index >= 15 is 0 Å². The molecule has 0 radical (unpaired) electrons. The summed E-state index contributed by atoms with van der Waals surface area (Å²) in [6.07, 6.45) is -0.824. The Labute approximate surface area is 162 Å². The Morgan fingerprint density at radius 1 is 1.15 bits per heavy atom. The van der Waals surface area contributed by atoms with Gasteiger partial charge in [0.25, 0.3) is 5.91 Å². The third-order valence-corrected chi connectivity index (χ3v) is 4.04. The number of hydrogen-bond donors (Lipinski definition) is 0. The minimum Gasteiger partial charge on any atom is -0.481 e. The van der Waals surface area contributed by atoms with Crippen molar-refractivity contribution in [2.75, 3.05) is 13.7 Å². The van der Waals surface area contributed by atoms with Crippen LogP contribution in [0.25, 0.3) is 0 Å². The number of rotatable bonds is 7. The first-order valence-corrected chi connectivity index (χ1v) is 8.57. The summed E-state index contributed by atoms with van der Waals surface area (Å²) >= 11 is 5.89. The number of ether oxygens (including phenoxy) is 2. The Bertz CT molecular complexity index is 829. The van der Waals surface area contributed by atoms with Gasteiger partial charge in [-0.2, -0.15) is 5.26 Å². The standard InChI is InChI=1S/C20H19ClN2O4/c1-14(27-18-9-5-15(11-22)6-10-18)20(25)23(13-19(24)26-2)12-16-3-7-17(21)8-4-16/h3-10,14H,12-13H2,1-2H3. The van der Waals surface area contributed by atoms with Gasteiger partial charge < -0.3 is 14.4 Å². The number of hydrogen-bond acceptors (Lipinski definition) is 5. The van der Waals surface area contributed by atoms with E-state index in [-0.39, 0.29) is 19.0 Å². The van der Waals surface area contributed by atoms with E-state index < -0.39 is 12.1 Å². The van der Waals surface area contributed by atoms with Crippen molar-refractivity contribution in [3.63, 3.8) is 0 Å². The molecule has 0 aliphatic rings. The highest BCUT2D eigenvalue weighted by molar-refractivity contribution is 6.30. The van der Waals surface area contributed by atoms with Crippen LogP contribution in [0.4, 0.5) is 0 Å². The number of carbonyl (C=O) groups is 2. The smallest absolute Gasteiger partial charge is 0.325 e. The predicted octanol–water partition coefficient (Wildman–Crippen LogP) is 3.18. The van der Waals surface area contributed by atoms with Crippen molar-refractivity contribution in [3.05, 3.63) is 64.7 Å². The summed E-state index contributed by atoms with van der Waals surface area (Å²) in [5.74, 6) is -0.429. The number of benzene rings is 2. The van der Waals surface area contributed by atoms with Crippen molar-refractivity contribution >= 4 is 23.5 Å². The van der Waals surface area contributed by atoms with E-state index in [4.69, 9.17) is 21.6 Å². The second-order valence-electron chi connectivity index (χ2n) is 5.79. The molecule has 2 aromatic rings. The molecule has 0 spiro atoms. The number of nitriles is 1. The van der Waals surface area contributed by atoms with E-state index in [1.165, 1.54) is 12.0 Å². The fraction of sp³-hybridized carbons (Fsp3) is 0.250. The molecule has 2 rings (SSSR count). The van der Waals surface area contributed by atoms with E-state index in [2.05, 4.69) is 4.74 Å². The maximum absolute atomic E-state index is 12.8. The Morgan fingerprint density at radius 3 is 2.33 bits per heavy atom. The molecule has 1 amide bonds. The van der Waals surface area contributed by atoms with Gasteiger partial charge in [-0.25, -0.2) is 0 Å². The summed E-state index contributed by atoms with van der Waals surface area (Å²) < 4.78 is 10.3. The van der Waals surface area contributed by atoms with Gasteiger partial charge in [-0.1, -0.05) is 23.7 Å². The van der Waals surface area contributed by atoms with Gasteiger partial charge in [0.1, 0.15) is 12.3 Å². The number of amides is 1. The monoisotopic (exact) mass is 386 g/mol. The Balaban J connectivity index is 2.11. The van der Waals surface area contributed by atoms with Gasteiger partial charge in [0.15, 0.2) is 6.10 Å². The van der Waals surface area contributed by atoms with Crippen LogP contribution in [0, 0.1) is 11.3 Å². The van der Waals surface area contributed by atoms with Crippen molar-refractivity contribution in [1.29, 1.82) is 5.26 Å². The number of methoxy groups -OCH3 is 1. The molecule has 2 aromatic carbocycles. The molecule has 140 valence electrons. The first-order chi connectivity index (χ1) is 12.9. The third kappa shape index (κ3) is 6.01. The third-order valence-electron chi connectivity index (χ3n) is 3.79. The number of halogens is 1. The van der Waals surface area contributed by atoms with Gasteiger partial charge in [0.05, 0.1) is 18.7 Å². The molecule has 7 heteroatoms. The average molecular weight is 387 g/mol. The molecule has 0 aliphatic heterocycles. The van der Waals surface area contributed by atoms with Crippen molar-refractivity contribution in [3.8, 4) is 11.8 Å². The maximum Gasteiger partial charge on any atom is 0.325 e. The van der Waals surface area contributed by atoms with Crippen LogP contribution < -0.4 is 4.74 Å². The topological polar surface area (TPSA) is 79.6 Å². The van der Waals surface area contributed by atoms with Gasteiger partial charge >= 0.3 is 5.97 Å². The van der Waals surface area contributed by atoms with Gasteiger partial charge in [-0.15, -0.1) is 0 Å². The quantitative estimate of drug-likeness (QED) is 0.683. The Kier molecular flexibility index (Phi) is 7.21. The molecule has 0 saturated heterocycles. The molecule has 27 heavy (non-hydrogen) atoms. The molecule has 0 aliphatic carbocycles. The minimum absolute atomic E-state index is 0.195. The van der Waals surface area contributed by atoms with Crippen LogP contribution in [0.5, 0.6) is 5.75 Å². The van der Waals surface area contributed by atoms with Crippen LogP contribution in [-0.2, 0) is 20.9 Å². The largest absolute Gasteiger partial charge is 0.481 e. The van der Waals surface area contributed by atoms with Gasteiger partial charge in [0, 0.05) is 11.6 Å². The fourth-order valence-corrected chi connectivity index (χ4v) is 2.49. The molecule has 1 atom stereocenters. The summed E-state index contributed by atoms with van der Waals surface area (Å²) in [6, 6.07) is 15.5. The van der Waals surface area contributed by atoms with Crippen LogP contribution in [0.3, 0.4) is 0 Å². The molecular formula is C20H19ClN2O4. The number of nitrogens with zero attached hydrogens (tertiary/aromatic N) is 2. The predicted molar refractivity (Wildman–Crippen MR) is 100 cm³/mol. The zero-order valence-corrected chi connectivity index (χ0v) is 15.8. The normalized spacial score (nSPS) is 11.2. The summed E-state index contributed by atoms with van der Waals surface area (Å²) in [5, 5.41) is 9.42. The summed E-state index contributed by atoms with van der Waals surface area (Å²) in [7, 11) is 1.27. The summed E-state index contributed by atoms with van der Waals surface area (Å²) in [6.45, 7) is 1.62. The van der Waals surface area contributed by atoms with Crippen LogP contribution in [0.15, 0.2) is 48.5 Å². The van der Waals surface area contributed by atoms with Crippen molar-refractivity contribution in [2.24, 2.45) is 0 Å². The molecule has 0 heterocycles. The zero-order chi connectivity index (χ0) is 19.8. The molecule has 0 N–H and O–H groups in total. The number of carbonyl (C=O) groups excluding carboxylic acids is 2. The van der Waals surface area contributed by atoms with Crippen LogP contribution in [-0.4, -0.2) is 36.5 Å². The SMILES string of the molecule is COC(=O)CN(Cc1ccc(Cl)cc1)C(=O)C(C)Oc1ccc(C#N)cc1. The van der Waals surface area contributed by atoms with E-state index in [0.29, 0.717) is 16.3 Å². The highest BCUT2D eigenvalue weighted by atomic mass is 35.5. The minimum atomic E-state index is -0.824. The Hall–Kier alpha value is -3.04. The second-order valence-corrected chi connectivity index (χ2v) is 6.23. The number of esters is 1. The fourth-order valence-electron chi connectivity index (χ4n) is 2.36. The van der Waals surface area contributed by atoms with E-state index in [0.717, 1.165) is 5.56 Å². The van der Waals surface area contributed by atoms with Gasteiger partial charge in [0.2, 0.25) is 0 Å². The van der Waals surface area contributed by atoms with E-state index in [1.807, 2.05) is 6.07 Å². The van der Waals surface area contributed by atoms with E-state index in [1.54, 1.807) is 55.5 Å². The van der Waals surface area contributed by atoms with Crippen LogP contribution in [0.2, 0.25) is 5.02 Å². The summed E-state index contributed by atoms with van der Waals surface area (Å²) in [5.41, 5.74) is 1.32. The summed E-state index contributed by atoms with van der Waals surface area (Å²) in [4.78, 5) is 25.9. The van der Waals surface area contributed by atoms with Crippen LogP contribution >= 0.6 is 11.6 Å². The second kappa shape index (κ2) is 9.60. The lowest BCUT2D eigenvalue weighted by molar-refractivity contribution is -0.150. The molecule has 0 saturated carbocycles. The molecule has 6 nitrogen and oxygen atoms in total. The Morgan fingerprint density at radius 2 is 1.78 bits per heavy atom. The van der Waals surface area contributed by atoms with Crippen LogP contribution in [0.1, 0.15) is 18.1 Å². The van der Waals surface area contributed by atoms with Gasteiger partial charge in [-0.3, -0.25) is 9.59 Å². The zero-order valence-electron chi connectivity index (χ0n) is 15.0. The first-order valence-electron chi connectivity index (χ1n) is 8.19. The molecule has 0 aromatic heterocycles. The first kappa shape index (κ1) is 20.3. The average Bonchev–Trinajstić information content (AvgIpc) is 2.68. The highest BCUT2D eigenvalue weighted by Gasteiger charge is 2.24. The molecule has 0 bridgehead atoms. The molecule has 0 fully saturated rings. The highest BCUT2D eigenvalue weighted by Crippen LogP contribution is 2.16. The molecular weight excluding hydrogens is 368 g/mol. The van der Waals surface area contributed by atoms with Crippen molar-refractivity contribution in [2.45, 2.75) is 19.6 Å². The lowest BCUT2D eigenvalue weighted by atomic mass is 10.2. The van der Waals surface area contributed by atoms with E-state index in [9.17, 15) is 9.59 Å². The maximum atomic E-state index is 12.8. The lowest BCUT2D eigenvalue weighted by Crippen LogP contribution is -2.43. The van der Waals surface area contributed by atoms with Crippen molar-refractivity contribution in [1.82, 2.24) is 4.90 Å². The van der Waals surface area contributed by atoms with Gasteiger partial charge in [-0.05, 0) is 48.9 Å².